The highest BCUT2D eigenvalue weighted by molar-refractivity contribution is 5.72. The molecule has 0 atom stereocenters. The molecule has 1 heterocycles. The number of nitrogens with zero attached hydrogens (tertiary/aromatic N) is 3. The van der Waals surface area contributed by atoms with Crippen LogP contribution in [0.5, 0.6) is 0 Å². The lowest BCUT2D eigenvalue weighted by atomic mass is 9.90. The van der Waals surface area contributed by atoms with Gasteiger partial charge in [-0.25, -0.2) is 0 Å². The van der Waals surface area contributed by atoms with Gasteiger partial charge in [0.1, 0.15) is 5.69 Å². The van der Waals surface area contributed by atoms with Crippen molar-refractivity contribution in [3.05, 3.63) is 59.2 Å². The van der Waals surface area contributed by atoms with Crippen molar-refractivity contribution in [3.8, 4) is 16.9 Å². The standard InChI is InChI=1S/C19H20N4/c1-13-6-10-17(11-7-13)23-19(20)18(21-22-23)16-9-8-14-4-2-3-5-15(14)12-16/h6-12H,2-5,20H2,1H3. The third-order valence-electron chi connectivity index (χ3n) is 4.61. The Morgan fingerprint density at radius 1 is 0.957 bits per heavy atom. The Bertz CT molecular complexity index is 846. The summed E-state index contributed by atoms with van der Waals surface area (Å²) in [6, 6.07) is 14.7. The van der Waals surface area contributed by atoms with Crippen LogP contribution in [0.2, 0.25) is 0 Å². The van der Waals surface area contributed by atoms with E-state index in [0.717, 1.165) is 23.4 Å². The zero-order chi connectivity index (χ0) is 15.8. The fourth-order valence-electron chi connectivity index (χ4n) is 3.25. The number of nitrogen functional groups attached to an aromatic ring is 1. The summed E-state index contributed by atoms with van der Waals surface area (Å²) in [6.07, 6.45) is 4.89. The van der Waals surface area contributed by atoms with Crippen LogP contribution in [0, 0.1) is 6.92 Å². The van der Waals surface area contributed by atoms with E-state index in [4.69, 9.17) is 5.73 Å². The van der Waals surface area contributed by atoms with E-state index < -0.39 is 0 Å². The van der Waals surface area contributed by atoms with Crippen molar-refractivity contribution in [3.63, 3.8) is 0 Å². The third-order valence-corrected chi connectivity index (χ3v) is 4.61. The van der Waals surface area contributed by atoms with Crippen molar-refractivity contribution in [1.29, 1.82) is 0 Å². The van der Waals surface area contributed by atoms with Gasteiger partial charge < -0.3 is 5.73 Å². The first-order valence-electron chi connectivity index (χ1n) is 8.13. The number of aromatic nitrogens is 3. The van der Waals surface area contributed by atoms with Gasteiger partial charge in [-0.05, 0) is 61.9 Å². The monoisotopic (exact) mass is 304 g/mol. The predicted octanol–water partition coefficient (Wildman–Crippen LogP) is 3.70. The number of hydrogen-bond donors (Lipinski definition) is 1. The molecule has 0 spiro atoms. The van der Waals surface area contributed by atoms with Crippen LogP contribution in [0.1, 0.15) is 29.5 Å². The molecule has 4 rings (SSSR count). The maximum atomic E-state index is 6.32. The minimum Gasteiger partial charge on any atom is -0.382 e. The molecule has 0 saturated heterocycles. The summed E-state index contributed by atoms with van der Waals surface area (Å²) in [7, 11) is 0. The van der Waals surface area contributed by atoms with Crippen LogP contribution in [-0.4, -0.2) is 15.0 Å². The minimum atomic E-state index is 0.588. The van der Waals surface area contributed by atoms with Crippen LogP contribution in [0.25, 0.3) is 16.9 Å². The fourth-order valence-corrected chi connectivity index (χ4v) is 3.25. The molecule has 4 nitrogen and oxygen atoms in total. The maximum Gasteiger partial charge on any atom is 0.155 e. The van der Waals surface area contributed by atoms with E-state index in [1.165, 1.54) is 36.0 Å². The van der Waals surface area contributed by atoms with Crippen LogP contribution in [-0.2, 0) is 12.8 Å². The molecule has 1 aliphatic rings. The Labute approximate surface area is 135 Å². The van der Waals surface area contributed by atoms with E-state index >= 15 is 0 Å². The van der Waals surface area contributed by atoms with Crippen molar-refractivity contribution in [2.45, 2.75) is 32.6 Å². The van der Waals surface area contributed by atoms with E-state index in [1.807, 2.05) is 12.1 Å². The molecule has 0 fully saturated rings. The Hall–Kier alpha value is -2.62. The van der Waals surface area contributed by atoms with Crippen molar-refractivity contribution in [2.24, 2.45) is 0 Å². The largest absolute Gasteiger partial charge is 0.382 e. The average molecular weight is 304 g/mol. The second kappa shape index (κ2) is 5.54. The number of anilines is 1. The maximum absolute atomic E-state index is 6.32. The number of aryl methyl sites for hydroxylation is 3. The van der Waals surface area contributed by atoms with E-state index in [9.17, 15) is 0 Å². The number of fused-ring (bicyclic) bond motifs is 1. The van der Waals surface area contributed by atoms with E-state index in [2.05, 4.69) is 47.6 Å². The van der Waals surface area contributed by atoms with Gasteiger partial charge in [-0.15, -0.1) is 5.10 Å². The van der Waals surface area contributed by atoms with Crippen LogP contribution >= 0.6 is 0 Å². The molecule has 0 bridgehead atoms. The molecule has 23 heavy (non-hydrogen) atoms. The molecule has 116 valence electrons. The van der Waals surface area contributed by atoms with E-state index in [0.29, 0.717) is 5.82 Å². The molecule has 1 aromatic heterocycles. The summed E-state index contributed by atoms with van der Waals surface area (Å²) in [5.41, 5.74) is 13.2. The molecule has 0 aliphatic heterocycles. The first-order chi connectivity index (χ1) is 11.2. The zero-order valence-corrected chi connectivity index (χ0v) is 13.3. The normalized spacial score (nSPS) is 13.8. The SMILES string of the molecule is Cc1ccc(-n2nnc(-c3ccc4c(c3)CCCC4)c2N)cc1. The molecule has 0 radical (unpaired) electrons. The van der Waals surface area contributed by atoms with Gasteiger partial charge in [-0.1, -0.05) is 35.0 Å². The molecule has 3 aromatic rings. The van der Waals surface area contributed by atoms with Gasteiger partial charge in [0.05, 0.1) is 5.69 Å². The fraction of sp³-hybridized carbons (Fsp3) is 0.263. The quantitative estimate of drug-likeness (QED) is 0.785. The highest BCUT2D eigenvalue weighted by Crippen LogP contribution is 2.30. The van der Waals surface area contributed by atoms with Crippen LogP contribution < -0.4 is 5.73 Å². The summed E-state index contributed by atoms with van der Waals surface area (Å²) in [5, 5.41) is 8.57. The van der Waals surface area contributed by atoms with Gasteiger partial charge >= 0.3 is 0 Å². The van der Waals surface area contributed by atoms with Gasteiger partial charge in [0, 0.05) is 5.56 Å². The van der Waals surface area contributed by atoms with Crippen LogP contribution in [0.15, 0.2) is 42.5 Å². The number of nitrogens with two attached hydrogens (primary N) is 1. The van der Waals surface area contributed by atoms with Crippen LogP contribution in [0.3, 0.4) is 0 Å². The first-order valence-corrected chi connectivity index (χ1v) is 8.13. The highest BCUT2D eigenvalue weighted by atomic mass is 15.5. The molecule has 0 saturated carbocycles. The van der Waals surface area contributed by atoms with Gasteiger partial charge in [-0.3, -0.25) is 0 Å². The van der Waals surface area contributed by atoms with Crippen molar-refractivity contribution in [1.82, 2.24) is 15.0 Å². The summed E-state index contributed by atoms with van der Waals surface area (Å²) < 4.78 is 1.70. The topological polar surface area (TPSA) is 56.7 Å². The number of hydrogen-bond acceptors (Lipinski definition) is 3. The first kappa shape index (κ1) is 14.0. The third kappa shape index (κ3) is 2.50. The Balaban J connectivity index is 1.74. The molecular formula is C19H20N4. The summed E-state index contributed by atoms with van der Waals surface area (Å²) >= 11 is 0. The molecule has 2 aromatic carbocycles. The summed E-state index contributed by atoms with van der Waals surface area (Å²) in [6.45, 7) is 2.06. The van der Waals surface area contributed by atoms with Crippen molar-refractivity contribution in [2.75, 3.05) is 5.73 Å². The Morgan fingerprint density at radius 3 is 2.48 bits per heavy atom. The lowest BCUT2D eigenvalue weighted by molar-refractivity contribution is 0.686. The van der Waals surface area contributed by atoms with Crippen molar-refractivity contribution >= 4 is 5.82 Å². The molecule has 0 amide bonds. The van der Waals surface area contributed by atoms with Gasteiger partial charge in [0.2, 0.25) is 0 Å². The van der Waals surface area contributed by atoms with Gasteiger partial charge in [-0.2, -0.15) is 4.68 Å². The second-order valence-electron chi connectivity index (χ2n) is 6.26. The summed E-state index contributed by atoms with van der Waals surface area (Å²) in [4.78, 5) is 0. The zero-order valence-electron chi connectivity index (χ0n) is 13.3. The lowest BCUT2D eigenvalue weighted by Gasteiger charge is -2.16. The molecule has 2 N–H and O–H groups in total. The smallest absolute Gasteiger partial charge is 0.155 e. The lowest BCUT2D eigenvalue weighted by Crippen LogP contribution is -2.03. The highest BCUT2D eigenvalue weighted by Gasteiger charge is 2.16. The molecule has 4 heteroatoms. The molecule has 0 unspecified atom stereocenters. The van der Waals surface area contributed by atoms with Crippen LogP contribution in [0.4, 0.5) is 5.82 Å². The molecule has 1 aliphatic carbocycles. The molecular weight excluding hydrogens is 284 g/mol. The average Bonchev–Trinajstić information content (AvgIpc) is 2.97. The van der Waals surface area contributed by atoms with E-state index in [1.54, 1.807) is 4.68 Å². The Kier molecular flexibility index (Phi) is 3.37. The number of benzene rings is 2. The van der Waals surface area contributed by atoms with Gasteiger partial charge in [0.25, 0.3) is 0 Å². The minimum absolute atomic E-state index is 0.588. The Morgan fingerprint density at radius 2 is 1.70 bits per heavy atom. The van der Waals surface area contributed by atoms with E-state index in [-0.39, 0.29) is 0 Å². The van der Waals surface area contributed by atoms with Crippen molar-refractivity contribution < 1.29 is 0 Å². The number of rotatable bonds is 2. The second-order valence-corrected chi connectivity index (χ2v) is 6.26. The summed E-state index contributed by atoms with van der Waals surface area (Å²) in [5.74, 6) is 0.588. The van der Waals surface area contributed by atoms with Gasteiger partial charge in [0.15, 0.2) is 5.82 Å². The predicted molar refractivity (Wildman–Crippen MR) is 92.6 cm³/mol.